The summed E-state index contributed by atoms with van der Waals surface area (Å²) in [5.41, 5.74) is 2.59. The van der Waals surface area contributed by atoms with E-state index in [9.17, 15) is 0 Å². The van der Waals surface area contributed by atoms with Gasteiger partial charge in [0, 0.05) is 18.7 Å². The summed E-state index contributed by atoms with van der Waals surface area (Å²) in [4.78, 5) is 0. The molecule has 1 fully saturated rings. The van der Waals surface area contributed by atoms with Crippen LogP contribution in [0.25, 0.3) is 0 Å². The third-order valence-corrected chi connectivity index (χ3v) is 4.55. The van der Waals surface area contributed by atoms with Crippen LogP contribution in [0.2, 0.25) is 0 Å². The molecule has 3 nitrogen and oxygen atoms in total. The Kier molecular flexibility index (Phi) is 4.71. The number of nitrogens with zero attached hydrogens (tertiary/aromatic N) is 2. The highest BCUT2D eigenvalue weighted by atomic mass is 15.3. The van der Waals surface area contributed by atoms with Gasteiger partial charge in [-0.2, -0.15) is 5.10 Å². The number of rotatable bonds is 6. The van der Waals surface area contributed by atoms with Gasteiger partial charge in [-0.15, -0.1) is 0 Å². The molecule has 112 valence electrons. The summed E-state index contributed by atoms with van der Waals surface area (Å²) in [7, 11) is 2.04. The molecule has 0 bridgehead atoms. The summed E-state index contributed by atoms with van der Waals surface area (Å²) in [5.74, 6) is 0. The average molecular weight is 283 g/mol. The molecule has 1 aromatic heterocycles. The lowest BCUT2D eigenvalue weighted by Crippen LogP contribution is -2.30. The number of nitrogens with one attached hydrogen (secondary N) is 1. The van der Waals surface area contributed by atoms with E-state index in [1.165, 1.54) is 36.9 Å². The van der Waals surface area contributed by atoms with Gasteiger partial charge in [-0.1, -0.05) is 43.2 Å². The molecule has 0 saturated heterocycles. The van der Waals surface area contributed by atoms with Crippen molar-refractivity contribution in [3.05, 3.63) is 53.9 Å². The van der Waals surface area contributed by atoms with E-state index < -0.39 is 0 Å². The fourth-order valence-corrected chi connectivity index (χ4v) is 3.29. The molecular formula is C18H25N3. The van der Waals surface area contributed by atoms with Crippen molar-refractivity contribution in [2.24, 2.45) is 0 Å². The van der Waals surface area contributed by atoms with Crippen LogP contribution in [0.15, 0.2) is 42.6 Å². The first kappa shape index (κ1) is 14.3. The van der Waals surface area contributed by atoms with Gasteiger partial charge in [0.1, 0.15) is 0 Å². The Morgan fingerprint density at radius 2 is 1.90 bits per heavy atom. The molecule has 1 saturated carbocycles. The van der Waals surface area contributed by atoms with Crippen LogP contribution in [-0.4, -0.2) is 22.9 Å². The van der Waals surface area contributed by atoms with Gasteiger partial charge in [0.05, 0.1) is 11.7 Å². The Morgan fingerprint density at radius 1 is 1.14 bits per heavy atom. The van der Waals surface area contributed by atoms with Crippen molar-refractivity contribution >= 4 is 0 Å². The monoisotopic (exact) mass is 283 g/mol. The van der Waals surface area contributed by atoms with Gasteiger partial charge >= 0.3 is 0 Å². The zero-order valence-corrected chi connectivity index (χ0v) is 12.8. The second kappa shape index (κ2) is 6.90. The third kappa shape index (κ3) is 3.73. The van der Waals surface area contributed by atoms with Crippen LogP contribution < -0.4 is 5.32 Å². The van der Waals surface area contributed by atoms with E-state index in [1.54, 1.807) is 0 Å². The van der Waals surface area contributed by atoms with Crippen LogP contribution in [0.4, 0.5) is 0 Å². The fraction of sp³-hybridized carbons (Fsp3) is 0.500. The van der Waals surface area contributed by atoms with E-state index in [2.05, 4.69) is 52.6 Å². The maximum atomic E-state index is 4.80. The molecule has 1 N–H and O–H groups in total. The number of hydrogen-bond donors (Lipinski definition) is 1. The Bertz CT molecular complexity index is 541. The third-order valence-electron chi connectivity index (χ3n) is 4.55. The quantitative estimate of drug-likeness (QED) is 0.881. The Labute approximate surface area is 127 Å². The van der Waals surface area contributed by atoms with Crippen LogP contribution in [0.3, 0.4) is 0 Å². The highest BCUT2D eigenvalue weighted by molar-refractivity contribution is 5.16. The van der Waals surface area contributed by atoms with Crippen LogP contribution in [0.5, 0.6) is 0 Å². The zero-order valence-electron chi connectivity index (χ0n) is 12.8. The summed E-state index contributed by atoms with van der Waals surface area (Å²) < 4.78 is 2.19. The van der Waals surface area contributed by atoms with Crippen molar-refractivity contribution in [2.75, 3.05) is 7.05 Å². The first-order valence-electron chi connectivity index (χ1n) is 8.10. The molecule has 0 amide bonds. The Morgan fingerprint density at radius 3 is 2.62 bits per heavy atom. The van der Waals surface area contributed by atoms with Crippen molar-refractivity contribution in [3.63, 3.8) is 0 Å². The number of aromatic nitrogens is 2. The van der Waals surface area contributed by atoms with Crippen LogP contribution in [0.1, 0.15) is 43.0 Å². The lowest BCUT2D eigenvalue weighted by atomic mass is 10.0. The van der Waals surface area contributed by atoms with E-state index >= 15 is 0 Å². The van der Waals surface area contributed by atoms with Crippen molar-refractivity contribution in [1.29, 1.82) is 0 Å². The van der Waals surface area contributed by atoms with Gasteiger partial charge in [-0.05, 0) is 37.9 Å². The SMILES string of the molecule is CNC(Cc1ccccc1)Cc1ccn(C2CCCC2)n1. The van der Waals surface area contributed by atoms with E-state index in [-0.39, 0.29) is 0 Å². The summed E-state index contributed by atoms with van der Waals surface area (Å²) in [6.45, 7) is 0. The van der Waals surface area contributed by atoms with Gasteiger partial charge in [0.25, 0.3) is 0 Å². The molecule has 1 atom stereocenters. The fourth-order valence-electron chi connectivity index (χ4n) is 3.29. The maximum absolute atomic E-state index is 4.80. The summed E-state index contributed by atoms with van der Waals surface area (Å²) in [5, 5.41) is 8.23. The second-order valence-electron chi connectivity index (χ2n) is 6.10. The maximum Gasteiger partial charge on any atom is 0.0640 e. The molecule has 1 heterocycles. The first-order chi connectivity index (χ1) is 10.3. The molecule has 0 spiro atoms. The molecule has 1 aromatic carbocycles. The molecule has 1 unspecified atom stereocenters. The van der Waals surface area contributed by atoms with Crippen LogP contribution >= 0.6 is 0 Å². The van der Waals surface area contributed by atoms with Crippen LogP contribution in [-0.2, 0) is 12.8 Å². The molecule has 0 aliphatic heterocycles. The predicted molar refractivity (Wildman–Crippen MR) is 86.4 cm³/mol. The lowest BCUT2D eigenvalue weighted by Gasteiger charge is -2.15. The lowest BCUT2D eigenvalue weighted by molar-refractivity contribution is 0.457. The Hall–Kier alpha value is -1.61. The average Bonchev–Trinajstić information content (AvgIpc) is 3.18. The summed E-state index contributed by atoms with van der Waals surface area (Å²) in [6, 6.07) is 14.0. The zero-order chi connectivity index (χ0) is 14.5. The number of benzene rings is 1. The standard InChI is InChI=1S/C18H25N3/c1-19-17(13-15-7-3-2-4-8-15)14-16-11-12-21(20-16)18-9-5-6-10-18/h2-4,7-8,11-12,17-19H,5-6,9-10,13-14H2,1H3. The minimum atomic E-state index is 0.444. The molecule has 0 radical (unpaired) electrons. The normalized spacial score (nSPS) is 17.2. The molecule has 3 heteroatoms. The highest BCUT2D eigenvalue weighted by Crippen LogP contribution is 2.28. The molecule has 2 aromatic rings. The molecule has 21 heavy (non-hydrogen) atoms. The molecule has 1 aliphatic carbocycles. The van der Waals surface area contributed by atoms with Crippen LogP contribution in [0, 0.1) is 0 Å². The van der Waals surface area contributed by atoms with Gasteiger partial charge in [-0.3, -0.25) is 4.68 Å². The minimum Gasteiger partial charge on any atom is -0.316 e. The molecule has 1 aliphatic rings. The van der Waals surface area contributed by atoms with Crippen molar-refractivity contribution in [1.82, 2.24) is 15.1 Å². The highest BCUT2D eigenvalue weighted by Gasteiger charge is 2.18. The van der Waals surface area contributed by atoms with Gasteiger partial charge < -0.3 is 5.32 Å². The van der Waals surface area contributed by atoms with Gasteiger partial charge in [-0.25, -0.2) is 0 Å². The minimum absolute atomic E-state index is 0.444. The summed E-state index contributed by atoms with van der Waals surface area (Å²) >= 11 is 0. The first-order valence-corrected chi connectivity index (χ1v) is 8.10. The van der Waals surface area contributed by atoms with Crippen molar-refractivity contribution in [2.45, 2.75) is 50.6 Å². The smallest absolute Gasteiger partial charge is 0.0640 e. The van der Waals surface area contributed by atoms with E-state index in [1.807, 2.05) is 7.05 Å². The molecular weight excluding hydrogens is 258 g/mol. The van der Waals surface area contributed by atoms with Gasteiger partial charge in [0.15, 0.2) is 0 Å². The molecule has 3 rings (SSSR count). The topological polar surface area (TPSA) is 29.9 Å². The van der Waals surface area contributed by atoms with E-state index in [0.29, 0.717) is 12.1 Å². The predicted octanol–water partition coefficient (Wildman–Crippen LogP) is 3.37. The van der Waals surface area contributed by atoms with E-state index in [4.69, 9.17) is 5.10 Å². The van der Waals surface area contributed by atoms with Gasteiger partial charge in [0.2, 0.25) is 0 Å². The van der Waals surface area contributed by atoms with Crippen molar-refractivity contribution in [3.8, 4) is 0 Å². The van der Waals surface area contributed by atoms with E-state index in [0.717, 1.165) is 12.8 Å². The Balaban J connectivity index is 1.61. The number of hydrogen-bond acceptors (Lipinski definition) is 2. The second-order valence-corrected chi connectivity index (χ2v) is 6.10. The van der Waals surface area contributed by atoms with Crippen molar-refractivity contribution < 1.29 is 0 Å². The largest absolute Gasteiger partial charge is 0.316 e. The number of likely N-dealkylation sites (N-methyl/N-ethyl adjacent to an activating group) is 1. The summed E-state index contributed by atoms with van der Waals surface area (Å²) in [6.07, 6.45) is 9.50.